The Bertz CT molecular complexity index is 585. The van der Waals surface area contributed by atoms with Crippen molar-refractivity contribution in [2.45, 2.75) is 57.5 Å². The van der Waals surface area contributed by atoms with Crippen molar-refractivity contribution < 1.29 is 10.2 Å². The monoisotopic (exact) mass is 350 g/mol. The van der Waals surface area contributed by atoms with Crippen LogP contribution in [0.1, 0.15) is 56.1 Å². The molecule has 0 amide bonds. The first-order valence-corrected chi connectivity index (χ1v) is 8.99. The molecule has 2 fully saturated rings. The summed E-state index contributed by atoms with van der Waals surface area (Å²) in [7, 11) is 0. The smallest absolute Gasteiger partial charge is 0.116 e. The van der Waals surface area contributed by atoms with Gasteiger partial charge in [0, 0.05) is 4.47 Å². The first-order valence-electron chi connectivity index (χ1n) is 8.20. The van der Waals surface area contributed by atoms with E-state index >= 15 is 0 Å². The molecule has 2 saturated carbocycles. The van der Waals surface area contributed by atoms with E-state index in [-0.39, 0.29) is 11.5 Å². The molecule has 3 aliphatic carbocycles. The zero-order valence-electron chi connectivity index (χ0n) is 12.5. The fourth-order valence-corrected chi connectivity index (χ4v) is 6.41. The second kappa shape index (κ2) is 4.73. The minimum absolute atomic E-state index is 0.104. The van der Waals surface area contributed by atoms with Crippen molar-refractivity contribution in [3.8, 4) is 5.75 Å². The van der Waals surface area contributed by atoms with Crippen molar-refractivity contribution in [3.63, 3.8) is 0 Å². The van der Waals surface area contributed by atoms with Crippen LogP contribution < -0.4 is 0 Å². The lowest BCUT2D eigenvalue weighted by molar-refractivity contribution is -0.0227. The van der Waals surface area contributed by atoms with E-state index in [1.54, 1.807) is 0 Å². The molecule has 2 nitrogen and oxygen atoms in total. The second-order valence-electron chi connectivity index (χ2n) is 7.55. The number of hydrogen-bond donors (Lipinski definition) is 2. The SMILES string of the molecule is C[C@@]12CC[C@H]3c4c(Br)cc(O)cc4CC[C@H]3[C@@H]1CC[C@H]2O. The van der Waals surface area contributed by atoms with Gasteiger partial charge in [-0.25, -0.2) is 0 Å². The largest absolute Gasteiger partial charge is 0.508 e. The van der Waals surface area contributed by atoms with Crippen LogP contribution in [0.25, 0.3) is 0 Å². The lowest BCUT2D eigenvalue weighted by Gasteiger charge is -2.50. The van der Waals surface area contributed by atoms with E-state index in [0.29, 0.717) is 23.5 Å². The summed E-state index contributed by atoms with van der Waals surface area (Å²) in [5.74, 6) is 2.34. The summed E-state index contributed by atoms with van der Waals surface area (Å²) in [5.41, 5.74) is 2.90. The lowest BCUT2D eigenvalue weighted by Crippen LogP contribution is -2.44. The molecule has 5 atom stereocenters. The van der Waals surface area contributed by atoms with Crippen LogP contribution in [0.4, 0.5) is 0 Å². The molecular weight excluding hydrogens is 328 g/mol. The zero-order valence-corrected chi connectivity index (χ0v) is 14.1. The van der Waals surface area contributed by atoms with Crippen molar-refractivity contribution in [2.24, 2.45) is 17.3 Å². The van der Waals surface area contributed by atoms with Gasteiger partial charge in [0.05, 0.1) is 6.10 Å². The average molecular weight is 351 g/mol. The summed E-state index contributed by atoms with van der Waals surface area (Å²) in [6, 6.07) is 3.80. The van der Waals surface area contributed by atoms with Crippen molar-refractivity contribution in [3.05, 3.63) is 27.7 Å². The van der Waals surface area contributed by atoms with Gasteiger partial charge >= 0.3 is 0 Å². The van der Waals surface area contributed by atoms with Gasteiger partial charge in [-0.3, -0.25) is 0 Å². The van der Waals surface area contributed by atoms with Gasteiger partial charge in [-0.05, 0) is 85.0 Å². The highest BCUT2D eigenvalue weighted by molar-refractivity contribution is 9.10. The maximum absolute atomic E-state index is 10.4. The minimum Gasteiger partial charge on any atom is -0.508 e. The molecule has 0 bridgehead atoms. The predicted octanol–water partition coefficient (Wildman–Crippen LogP) is 4.37. The van der Waals surface area contributed by atoms with Gasteiger partial charge in [0.2, 0.25) is 0 Å². The zero-order chi connectivity index (χ0) is 14.8. The molecule has 0 unspecified atom stereocenters. The average Bonchev–Trinajstić information content (AvgIpc) is 2.74. The summed E-state index contributed by atoms with van der Waals surface area (Å²) >= 11 is 3.68. The Labute approximate surface area is 134 Å². The Kier molecular flexibility index (Phi) is 3.17. The first kappa shape index (κ1) is 14.1. The topological polar surface area (TPSA) is 40.5 Å². The fraction of sp³-hybridized carbons (Fsp3) is 0.667. The predicted molar refractivity (Wildman–Crippen MR) is 86.4 cm³/mol. The molecule has 0 heterocycles. The summed E-state index contributed by atoms with van der Waals surface area (Å²) in [4.78, 5) is 0. The molecule has 3 heteroatoms. The molecule has 4 rings (SSSR count). The van der Waals surface area contributed by atoms with Crippen LogP contribution in [0, 0.1) is 17.3 Å². The van der Waals surface area contributed by atoms with Gasteiger partial charge in [-0.1, -0.05) is 22.9 Å². The van der Waals surface area contributed by atoms with Crippen molar-refractivity contribution >= 4 is 15.9 Å². The highest BCUT2D eigenvalue weighted by Crippen LogP contribution is 2.61. The van der Waals surface area contributed by atoms with Gasteiger partial charge in [-0.15, -0.1) is 0 Å². The van der Waals surface area contributed by atoms with E-state index in [1.807, 2.05) is 12.1 Å². The highest BCUT2D eigenvalue weighted by Gasteiger charge is 2.54. The molecule has 21 heavy (non-hydrogen) atoms. The Balaban J connectivity index is 1.75. The molecule has 2 N–H and O–H groups in total. The van der Waals surface area contributed by atoms with Crippen LogP contribution in [0.2, 0.25) is 0 Å². The number of rotatable bonds is 0. The van der Waals surface area contributed by atoms with Gasteiger partial charge in [-0.2, -0.15) is 0 Å². The summed E-state index contributed by atoms with van der Waals surface area (Å²) in [6.45, 7) is 2.31. The molecular formula is C18H23BrO2. The van der Waals surface area contributed by atoms with E-state index < -0.39 is 0 Å². The third-order valence-electron chi connectivity index (χ3n) is 6.70. The summed E-state index contributed by atoms with van der Waals surface area (Å²) < 4.78 is 1.08. The number of benzene rings is 1. The molecule has 0 spiro atoms. The Morgan fingerprint density at radius 2 is 2.00 bits per heavy atom. The standard InChI is InChI=1S/C18H23BrO2/c1-18-7-6-13-12(14(18)4-5-16(18)21)3-2-10-8-11(20)9-15(19)17(10)13/h8-9,12-14,16,20-21H,2-7H2,1H3/t12-,13-,14+,16-,18-/m1/s1. The van der Waals surface area contributed by atoms with E-state index in [4.69, 9.17) is 0 Å². The maximum atomic E-state index is 10.4. The second-order valence-corrected chi connectivity index (χ2v) is 8.41. The number of phenols is 1. The molecule has 3 aliphatic rings. The van der Waals surface area contributed by atoms with Crippen molar-refractivity contribution in [1.29, 1.82) is 0 Å². The quantitative estimate of drug-likeness (QED) is 0.729. The van der Waals surface area contributed by atoms with Gasteiger partial charge in [0.25, 0.3) is 0 Å². The van der Waals surface area contributed by atoms with Crippen LogP contribution in [0.5, 0.6) is 5.75 Å². The van der Waals surface area contributed by atoms with Crippen LogP contribution in [0.15, 0.2) is 16.6 Å². The molecule has 1 aromatic carbocycles. The lowest BCUT2D eigenvalue weighted by atomic mass is 9.55. The number of aryl methyl sites for hydroxylation is 1. The van der Waals surface area contributed by atoms with Crippen LogP contribution in [-0.4, -0.2) is 16.3 Å². The minimum atomic E-state index is -0.104. The van der Waals surface area contributed by atoms with Crippen LogP contribution in [0.3, 0.4) is 0 Å². The highest BCUT2D eigenvalue weighted by atomic mass is 79.9. The van der Waals surface area contributed by atoms with E-state index in [9.17, 15) is 10.2 Å². The molecule has 0 aromatic heterocycles. The first-order chi connectivity index (χ1) is 10.0. The number of aliphatic hydroxyl groups is 1. The third kappa shape index (κ3) is 1.93. The van der Waals surface area contributed by atoms with Crippen molar-refractivity contribution in [2.75, 3.05) is 0 Å². The third-order valence-corrected chi connectivity index (χ3v) is 7.36. The van der Waals surface area contributed by atoms with E-state index in [0.717, 1.165) is 23.7 Å². The van der Waals surface area contributed by atoms with Crippen LogP contribution >= 0.6 is 15.9 Å². The maximum Gasteiger partial charge on any atom is 0.116 e. The molecule has 0 radical (unpaired) electrons. The van der Waals surface area contributed by atoms with E-state index in [2.05, 4.69) is 22.9 Å². The summed E-state index contributed by atoms with van der Waals surface area (Å²) in [5, 5.41) is 20.2. The van der Waals surface area contributed by atoms with Gasteiger partial charge in [0.15, 0.2) is 0 Å². The number of fused-ring (bicyclic) bond motifs is 5. The number of halogens is 1. The van der Waals surface area contributed by atoms with Crippen molar-refractivity contribution in [1.82, 2.24) is 0 Å². The summed E-state index contributed by atoms with van der Waals surface area (Å²) in [6.07, 6.45) is 6.63. The number of phenolic OH excluding ortho intramolecular Hbond substituents is 1. The van der Waals surface area contributed by atoms with E-state index in [1.165, 1.54) is 30.4 Å². The molecule has 1 aromatic rings. The van der Waals surface area contributed by atoms with Gasteiger partial charge in [0.1, 0.15) is 5.75 Å². The normalized spacial score (nSPS) is 41.3. The Morgan fingerprint density at radius 1 is 1.19 bits per heavy atom. The number of aliphatic hydroxyl groups excluding tert-OH is 1. The van der Waals surface area contributed by atoms with Crippen LogP contribution in [-0.2, 0) is 6.42 Å². The fourth-order valence-electron chi connectivity index (χ4n) is 5.62. The van der Waals surface area contributed by atoms with Gasteiger partial charge < -0.3 is 10.2 Å². The molecule has 0 aliphatic heterocycles. The molecule has 114 valence electrons. The number of hydrogen-bond acceptors (Lipinski definition) is 2. The Morgan fingerprint density at radius 3 is 2.81 bits per heavy atom. The number of aromatic hydroxyl groups is 1. The molecule has 0 saturated heterocycles. The Hall–Kier alpha value is -0.540.